The average molecular weight is 240 g/mol. The second-order valence-electron chi connectivity index (χ2n) is 1.97. The molecule has 0 aromatic carbocycles. The summed E-state index contributed by atoms with van der Waals surface area (Å²) in [5.74, 6) is 0. The first-order chi connectivity index (χ1) is 4.93. The Kier molecular flexibility index (Phi) is 2.04. The highest BCUT2D eigenvalue weighted by atomic mass is 79.9. The number of nitrogens with zero attached hydrogens (tertiary/aromatic N) is 2. The largest absolute Gasteiger partial charge is 0.312 e. The molecule has 0 aliphatic rings. The second kappa shape index (κ2) is 2.58. The van der Waals surface area contributed by atoms with Crippen LogP contribution in [-0.4, -0.2) is 18.0 Å². The van der Waals surface area contributed by atoms with Gasteiger partial charge in [-0.05, 0) is 15.9 Å². The molecule has 11 heavy (non-hydrogen) atoms. The zero-order valence-electron chi connectivity index (χ0n) is 5.65. The Hall–Kier alpha value is -0.400. The zero-order valence-corrected chi connectivity index (χ0v) is 8.05. The molecule has 1 rings (SSSR count). The molecule has 1 aromatic rings. The van der Waals surface area contributed by atoms with Crippen molar-refractivity contribution in [3.8, 4) is 0 Å². The van der Waals surface area contributed by atoms with Crippen molar-refractivity contribution in [1.29, 1.82) is 0 Å². The third-order valence-corrected chi connectivity index (χ3v) is 2.77. The summed E-state index contributed by atoms with van der Waals surface area (Å²) in [7, 11) is -2.14. The molecule has 0 atom stereocenters. The van der Waals surface area contributed by atoms with Gasteiger partial charge >= 0.3 is 0 Å². The quantitative estimate of drug-likeness (QED) is 0.740. The maximum atomic E-state index is 10.7. The monoisotopic (exact) mass is 239 g/mol. The van der Waals surface area contributed by atoms with E-state index < -0.39 is 10.0 Å². The van der Waals surface area contributed by atoms with E-state index in [0.29, 0.717) is 4.60 Å². The number of nitrogens with two attached hydrogens (primary N) is 1. The summed E-state index contributed by atoms with van der Waals surface area (Å²) in [6, 6.07) is 0. The van der Waals surface area contributed by atoms with Crippen LogP contribution in [-0.2, 0) is 17.1 Å². The summed E-state index contributed by atoms with van der Waals surface area (Å²) in [4.78, 5) is 3.59. The number of rotatable bonds is 1. The molecule has 2 N–H and O–H groups in total. The second-order valence-corrected chi connectivity index (χ2v) is 4.24. The third-order valence-electron chi connectivity index (χ3n) is 1.14. The summed E-state index contributed by atoms with van der Waals surface area (Å²) in [6.07, 6.45) is 1.37. The van der Waals surface area contributed by atoms with Gasteiger partial charge in [0, 0.05) is 7.05 Å². The SMILES string of the molecule is Cn1c(Br)cnc1S(N)(=O)=O. The van der Waals surface area contributed by atoms with E-state index in [1.165, 1.54) is 10.8 Å². The fraction of sp³-hybridized carbons (Fsp3) is 0.250. The number of imidazole rings is 1. The molecule has 62 valence electrons. The van der Waals surface area contributed by atoms with Crippen molar-refractivity contribution in [3.63, 3.8) is 0 Å². The van der Waals surface area contributed by atoms with Crippen LogP contribution < -0.4 is 5.14 Å². The van der Waals surface area contributed by atoms with Crippen LogP contribution in [0.5, 0.6) is 0 Å². The highest BCUT2D eigenvalue weighted by Crippen LogP contribution is 2.12. The Balaban J connectivity index is 3.38. The Morgan fingerprint density at radius 2 is 2.27 bits per heavy atom. The van der Waals surface area contributed by atoms with E-state index in [-0.39, 0.29) is 5.16 Å². The molecule has 0 radical (unpaired) electrons. The number of hydrogen-bond donors (Lipinski definition) is 1. The number of hydrogen-bond acceptors (Lipinski definition) is 3. The Labute approximate surface area is 72.4 Å². The Morgan fingerprint density at radius 3 is 2.45 bits per heavy atom. The maximum absolute atomic E-state index is 10.7. The van der Waals surface area contributed by atoms with Gasteiger partial charge in [0.1, 0.15) is 4.60 Å². The van der Waals surface area contributed by atoms with Crippen LogP contribution in [0.2, 0.25) is 0 Å². The van der Waals surface area contributed by atoms with Crippen molar-refractivity contribution in [1.82, 2.24) is 9.55 Å². The smallest absolute Gasteiger partial charge is 0.272 e. The Morgan fingerprint density at radius 1 is 1.73 bits per heavy atom. The lowest BCUT2D eigenvalue weighted by Crippen LogP contribution is -2.17. The summed E-state index contributed by atoms with van der Waals surface area (Å²) < 4.78 is 23.4. The van der Waals surface area contributed by atoms with E-state index in [1.54, 1.807) is 7.05 Å². The Bertz CT molecular complexity index is 369. The van der Waals surface area contributed by atoms with Gasteiger partial charge in [-0.3, -0.25) is 0 Å². The van der Waals surface area contributed by atoms with Gasteiger partial charge < -0.3 is 4.57 Å². The molecule has 5 nitrogen and oxygen atoms in total. The molecule has 0 saturated heterocycles. The van der Waals surface area contributed by atoms with Gasteiger partial charge in [-0.15, -0.1) is 0 Å². The molecule has 0 aliphatic heterocycles. The lowest BCUT2D eigenvalue weighted by molar-refractivity contribution is 0.580. The van der Waals surface area contributed by atoms with Crippen LogP contribution in [0.15, 0.2) is 16.0 Å². The molecule has 0 spiro atoms. The topological polar surface area (TPSA) is 78.0 Å². The van der Waals surface area contributed by atoms with Crippen LogP contribution in [0.4, 0.5) is 0 Å². The van der Waals surface area contributed by atoms with Crippen LogP contribution >= 0.6 is 15.9 Å². The standard InChI is InChI=1S/C4H6BrN3O2S/c1-8-3(5)2-7-4(8)11(6,9)10/h2H,1H3,(H2,6,9,10). The predicted octanol–water partition coefficient (Wildman–Crippen LogP) is -0.170. The molecule has 0 aliphatic carbocycles. The number of halogens is 1. The van der Waals surface area contributed by atoms with Gasteiger partial charge in [0.2, 0.25) is 5.16 Å². The molecule has 7 heteroatoms. The molecule has 1 aromatic heterocycles. The van der Waals surface area contributed by atoms with Gasteiger partial charge in [0.15, 0.2) is 0 Å². The van der Waals surface area contributed by atoms with Gasteiger partial charge in [0.05, 0.1) is 6.20 Å². The summed E-state index contributed by atoms with van der Waals surface area (Å²) in [5.41, 5.74) is 0. The molecule has 0 fully saturated rings. The molecule has 0 bridgehead atoms. The minimum Gasteiger partial charge on any atom is -0.312 e. The van der Waals surface area contributed by atoms with Crippen LogP contribution in [0, 0.1) is 0 Å². The van der Waals surface area contributed by atoms with Crippen molar-refractivity contribution >= 4 is 26.0 Å². The minimum absolute atomic E-state index is 0.149. The lowest BCUT2D eigenvalue weighted by atomic mass is 10.9. The molecular weight excluding hydrogens is 234 g/mol. The summed E-state index contributed by atoms with van der Waals surface area (Å²) in [5, 5.41) is 4.69. The normalized spacial score (nSPS) is 11.9. The van der Waals surface area contributed by atoms with Crippen LogP contribution in [0.1, 0.15) is 0 Å². The van der Waals surface area contributed by atoms with E-state index in [4.69, 9.17) is 5.14 Å². The highest BCUT2D eigenvalue weighted by molar-refractivity contribution is 9.10. The first-order valence-electron chi connectivity index (χ1n) is 2.63. The van der Waals surface area contributed by atoms with E-state index in [0.717, 1.165) is 0 Å². The maximum Gasteiger partial charge on any atom is 0.272 e. The van der Waals surface area contributed by atoms with Crippen LogP contribution in [0.3, 0.4) is 0 Å². The molecular formula is C4H6BrN3O2S. The van der Waals surface area contributed by atoms with Gasteiger partial charge in [0.25, 0.3) is 10.0 Å². The van der Waals surface area contributed by atoms with Crippen LogP contribution in [0.25, 0.3) is 0 Å². The average Bonchev–Trinajstić information content (AvgIpc) is 2.11. The zero-order chi connectivity index (χ0) is 8.65. The van der Waals surface area contributed by atoms with E-state index in [9.17, 15) is 8.42 Å². The van der Waals surface area contributed by atoms with E-state index >= 15 is 0 Å². The van der Waals surface area contributed by atoms with Crippen molar-refractivity contribution in [2.45, 2.75) is 5.16 Å². The van der Waals surface area contributed by atoms with Crippen molar-refractivity contribution < 1.29 is 8.42 Å². The first-order valence-corrected chi connectivity index (χ1v) is 4.97. The number of primary sulfonamides is 1. The predicted molar refractivity (Wildman–Crippen MR) is 42.3 cm³/mol. The van der Waals surface area contributed by atoms with Crippen molar-refractivity contribution in [2.24, 2.45) is 12.2 Å². The fourth-order valence-electron chi connectivity index (χ4n) is 0.637. The van der Waals surface area contributed by atoms with Crippen molar-refractivity contribution in [2.75, 3.05) is 0 Å². The fourth-order valence-corrected chi connectivity index (χ4v) is 1.70. The molecule has 1 heterocycles. The van der Waals surface area contributed by atoms with E-state index in [2.05, 4.69) is 20.9 Å². The van der Waals surface area contributed by atoms with Gasteiger partial charge in [-0.25, -0.2) is 18.5 Å². The third kappa shape index (κ3) is 1.60. The highest BCUT2D eigenvalue weighted by Gasteiger charge is 2.14. The summed E-state index contributed by atoms with van der Waals surface area (Å²) >= 11 is 3.09. The first kappa shape index (κ1) is 8.69. The number of aromatic nitrogens is 2. The van der Waals surface area contributed by atoms with Gasteiger partial charge in [-0.1, -0.05) is 0 Å². The lowest BCUT2D eigenvalue weighted by Gasteiger charge is -1.97. The summed E-state index contributed by atoms with van der Waals surface area (Å²) in [6.45, 7) is 0. The molecule has 0 unspecified atom stereocenters. The minimum atomic E-state index is -3.69. The van der Waals surface area contributed by atoms with Gasteiger partial charge in [-0.2, -0.15) is 0 Å². The molecule has 0 saturated carbocycles. The molecule has 0 amide bonds. The van der Waals surface area contributed by atoms with E-state index in [1.807, 2.05) is 0 Å². The number of sulfonamides is 1. The van der Waals surface area contributed by atoms with Crippen molar-refractivity contribution in [3.05, 3.63) is 10.8 Å².